The van der Waals surface area contributed by atoms with Crippen molar-refractivity contribution in [2.24, 2.45) is 5.73 Å². The Morgan fingerprint density at radius 3 is 2.25 bits per heavy atom. The van der Waals surface area contributed by atoms with Gasteiger partial charge in [0, 0.05) is 16.9 Å². The fraction of sp³-hybridized carbons (Fsp3) is 0. The molecular formula is C14H13N3O3. The van der Waals surface area contributed by atoms with Crippen molar-refractivity contribution in [3.8, 4) is 0 Å². The average Bonchev–Trinajstić information content (AvgIpc) is 2.41. The third kappa shape index (κ3) is 2.86. The number of carbonyl (C=O) groups is 2. The molecule has 0 aliphatic carbocycles. The number of nitrogen functional groups attached to an aromatic ring is 1. The van der Waals surface area contributed by atoms with E-state index in [2.05, 4.69) is 5.32 Å². The molecule has 0 aliphatic rings. The molecule has 2 aromatic rings. The average molecular weight is 271 g/mol. The van der Waals surface area contributed by atoms with Crippen molar-refractivity contribution < 1.29 is 14.7 Å². The monoisotopic (exact) mass is 271 g/mol. The molecule has 0 aliphatic heterocycles. The van der Waals surface area contributed by atoms with Crippen LogP contribution < -0.4 is 16.8 Å². The molecule has 0 saturated carbocycles. The number of rotatable bonds is 4. The van der Waals surface area contributed by atoms with E-state index in [1.807, 2.05) is 0 Å². The Morgan fingerprint density at radius 1 is 1.05 bits per heavy atom. The van der Waals surface area contributed by atoms with Crippen LogP contribution in [0.2, 0.25) is 0 Å². The molecule has 20 heavy (non-hydrogen) atoms. The molecular weight excluding hydrogens is 258 g/mol. The molecule has 0 atom stereocenters. The first-order chi connectivity index (χ1) is 9.47. The molecule has 6 N–H and O–H groups in total. The maximum absolute atomic E-state index is 11.2. The van der Waals surface area contributed by atoms with Crippen LogP contribution >= 0.6 is 0 Å². The number of aromatic carboxylic acids is 1. The van der Waals surface area contributed by atoms with E-state index in [1.54, 1.807) is 36.4 Å². The van der Waals surface area contributed by atoms with Crippen molar-refractivity contribution in [2.45, 2.75) is 0 Å². The topological polar surface area (TPSA) is 118 Å². The molecule has 0 spiro atoms. The predicted octanol–water partition coefficient (Wildman–Crippen LogP) is 1.81. The Labute approximate surface area is 115 Å². The fourth-order valence-electron chi connectivity index (χ4n) is 1.72. The summed E-state index contributed by atoms with van der Waals surface area (Å²) in [6.45, 7) is 0. The van der Waals surface area contributed by atoms with Crippen molar-refractivity contribution in [3.05, 3.63) is 53.6 Å². The number of hydrogen-bond donors (Lipinski definition) is 4. The zero-order valence-electron chi connectivity index (χ0n) is 10.5. The highest BCUT2D eigenvalue weighted by Gasteiger charge is 2.10. The number of carboxylic acids is 1. The van der Waals surface area contributed by atoms with Crippen LogP contribution in [0.4, 0.5) is 17.1 Å². The Bertz CT molecular complexity index is 666. The number of primary amides is 1. The highest BCUT2D eigenvalue weighted by molar-refractivity contribution is 5.96. The Hall–Kier alpha value is -3.02. The lowest BCUT2D eigenvalue weighted by molar-refractivity contribution is 0.0697. The van der Waals surface area contributed by atoms with Gasteiger partial charge < -0.3 is 21.9 Å². The molecule has 1 amide bonds. The molecule has 0 bridgehead atoms. The Balaban J connectivity index is 2.30. The van der Waals surface area contributed by atoms with E-state index in [1.165, 1.54) is 6.07 Å². The fourth-order valence-corrected chi connectivity index (χ4v) is 1.72. The Kier molecular flexibility index (Phi) is 3.56. The van der Waals surface area contributed by atoms with Gasteiger partial charge in [-0.25, -0.2) is 4.79 Å². The second kappa shape index (κ2) is 5.31. The second-order valence-corrected chi connectivity index (χ2v) is 4.18. The third-order valence-corrected chi connectivity index (χ3v) is 2.72. The number of carbonyl (C=O) groups excluding carboxylic acids is 1. The van der Waals surface area contributed by atoms with E-state index >= 15 is 0 Å². The summed E-state index contributed by atoms with van der Waals surface area (Å²) >= 11 is 0. The van der Waals surface area contributed by atoms with Crippen LogP contribution in [-0.2, 0) is 0 Å². The number of benzene rings is 2. The van der Waals surface area contributed by atoms with Crippen LogP contribution in [0, 0.1) is 0 Å². The molecule has 0 radical (unpaired) electrons. The first-order valence-electron chi connectivity index (χ1n) is 5.77. The molecule has 6 nitrogen and oxygen atoms in total. The number of nitrogens with one attached hydrogen (secondary N) is 1. The first-order valence-corrected chi connectivity index (χ1v) is 5.77. The quantitative estimate of drug-likeness (QED) is 0.632. The van der Waals surface area contributed by atoms with Crippen LogP contribution in [0.15, 0.2) is 42.5 Å². The summed E-state index contributed by atoms with van der Waals surface area (Å²) in [6, 6.07) is 11.0. The van der Waals surface area contributed by atoms with Gasteiger partial charge in [0.15, 0.2) is 0 Å². The van der Waals surface area contributed by atoms with Crippen molar-refractivity contribution >= 4 is 28.9 Å². The third-order valence-electron chi connectivity index (χ3n) is 2.72. The molecule has 0 heterocycles. The van der Waals surface area contributed by atoms with Gasteiger partial charge in [0.2, 0.25) is 5.91 Å². The van der Waals surface area contributed by atoms with Crippen LogP contribution in [0.3, 0.4) is 0 Å². The van der Waals surface area contributed by atoms with Gasteiger partial charge in [-0.05, 0) is 42.5 Å². The van der Waals surface area contributed by atoms with Gasteiger partial charge in [0.05, 0.1) is 11.3 Å². The maximum atomic E-state index is 11.2. The van der Waals surface area contributed by atoms with E-state index < -0.39 is 11.9 Å². The van der Waals surface area contributed by atoms with Crippen LogP contribution in [0.1, 0.15) is 20.7 Å². The van der Waals surface area contributed by atoms with E-state index in [0.29, 0.717) is 22.6 Å². The van der Waals surface area contributed by atoms with Gasteiger partial charge in [0.1, 0.15) is 0 Å². The maximum Gasteiger partial charge on any atom is 0.337 e. The van der Waals surface area contributed by atoms with Gasteiger partial charge in [-0.1, -0.05) is 0 Å². The van der Waals surface area contributed by atoms with E-state index in [4.69, 9.17) is 16.6 Å². The first kappa shape index (κ1) is 13.4. The number of anilines is 3. The summed E-state index contributed by atoms with van der Waals surface area (Å²) < 4.78 is 0. The SMILES string of the molecule is NC(=O)c1ccc(Nc2ccc(N)cc2C(=O)O)cc1. The lowest BCUT2D eigenvalue weighted by Crippen LogP contribution is -2.10. The molecule has 6 heteroatoms. The van der Waals surface area contributed by atoms with Crippen molar-refractivity contribution in [3.63, 3.8) is 0 Å². The minimum absolute atomic E-state index is 0.0731. The molecule has 102 valence electrons. The van der Waals surface area contributed by atoms with Crippen LogP contribution in [0.5, 0.6) is 0 Å². The number of amides is 1. The van der Waals surface area contributed by atoms with E-state index in [9.17, 15) is 9.59 Å². The summed E-state index contributed by atoms with van der Waals surface area (Å²) in [7, 11) is 0. The summed E-state index contributed by atoms with van der Waals surface area (Å²) in [4.78, 5) is 22.1. The molecule has 0 unspecified atom stereocenters. The number of carboxylic acid groups (broad SMARTS) is 1. The summed E-state index contributed by atoms with van der Waals surface area (Å²) in [5.41, 5.74) is 12.6. The lowest BCUT2D eigenvalue weighted by Gasteiger charge is -2.10. The zero-order valence-corrected chi connectivity index (χ0v) is 10.5. The number of nitrogens with two attached hydrogens (primary N) is 2. The minimum atomic E-state index is -1.08. The van der Waals surface area contributed by atoms with Gasteiger partial charge in [-0.15, -0.1) is 0 Å². The van der Waals surface area contributed by atoms with Crippen LogP contribution in [0.25, 0.3) is 0 Å². The highest BCUT2D eigenvalue weighted by atomic mass is 16.4. The van der Waals surface area contributed by atoms with Gasteiger partial charge in [-0.2, -0.15) is 0 Å². The van der Waals surface area contributed by atoms with E-state index in [-0.39, 0.29) is 5.56 Å². The van der Waals surface area contributed by atoms with Gasteiger partial charge >= 0.3 is 5.97 Å². The van der Waals surface area contributed by atoms with Gasteiger partial charge in [-0.3, -0.25) is 4.79 Å². The molecule has 2 aromatic carbocycles. The van der Waals surface area contributed by atoms with Gasteiger partial charge in [0.25, 0.3) is 0 Å². The normalized spacial score (nSPS) is 10.0. The number of hydrogen-bond acceptors (Lipinski definition) is 4. The predicted molar refractivity (Wildman–Crippen MR) is 76.1 cm³/mol. The molecule has 0 saturated heterocycles. The molecule has 0 fully saturated rings. The minimum Gasteiger partial charge on any atom is -0.478 e. The lowest BCUT2D eigenvalue weighted by atomic mass is 10.1. The summed E-state index contributed by atoms with van der Waals surface area (Å²) in [5, 5.41) is 12.1. The largest absolute Gasteiger partial charge is 0.478 e. The standard InChI is InChI=1S/C14H13N3O3/c15-9-3-6-12(11(7-9)14(19)20)17-10-4-1-8(2-5-10)13(16)18/h1-7,17H,15H2,(H2,16,18)(H,19,20). The van der Waals surface area contributed by atoms with E-state index in [0.717, 1.165) is 0 Å². The molecule has 2 rings (SSSR count). The summed E-state index contributed by atoms with van der Waals surface area (Å²) in [6.07, 6.45) is 0. The zero-order chi connectivity index (χ0) is 14.7. The summed E-state index contributed by atoms with van der Waals surface area (Å²) in [5.74, 6) is -1.59. The van der Waals surface area contributed by atoms with Crippen molar-refractivity contribution in [2.75, 3.05) is 11.1 Å². The molecule has 0 aromatic heterocycles. The smallest absolute Gasteiger partial charge is 0.337 e. The second-order valence-electron chi connectivity index (χ2n) is 4.18. The Morgan fingerprint density at radius 2 is 1.70 bits per heavy atom. The van der Waals surface area contributed by atoms with Crippen molar-refractivity contribution in [1.82, 2.24) is 0 Å². The highest BCUT2D eigenvalue weighted by Crippen LogP contribution is 2.23. The van der Waals surface area contributed by atoms with Crippen molar-refractivity contribution in [1.29, 1.82) is 0 Å². The van der Waals surface area contributed by atoms with Crippen LogP contribution in [-0.4, -0.2) is 17.0 Å².